The first-order valence-corrected chi connectivity index (χ1v) is 9.73. The van der Waals surface area contributed by atoms with Crippen LogP contribution >= 0.6 is 11.3 Å². The molecule has 1 aliphatic rings. The first-order valence-electron chi connectivity index (χ1n) is 8.85. The van der Waals surface area contributed by atoms with Gasteiger partial charge in [-0.1, -0.05) is 0 Å². The number of aliphatic imine (C=N–C) groups is 1. The largest absolute Gasteiger partial charge is 0.357 e. The smallest absolute Gasteiger partial charge is 0.193 e. The van der Waals surface area contributed by atoms with Crippen LogP contribution in [0.3, 0.4) is 0 Å². The molecule has 0 atom stereocenters. The van der Waals surface area contributed by atoms with E-state index in [9.17, 15) is 0 Å². The molecule has 0 aliphatic carbocycles. The second-order valence-electron chi connectivity index (χ2n) is 6.57. The molecule has 0 saturated carbocycles. The molecule has 0 aromatic carbocycles. The molecular formula is C17H28N6S. The van der Waals surface area contributed by atoms with Crippen molar-refractivity contribution >= 4 is 22.3 Å². The predicted octanol–water partition coefficient (Wildman–Crippen LogP) is 2.32. The van der Waals surface area contributed by atoms with Crippen LogP contribution in [0.25, 0.3) is 4.96 Å². The van der Waals surface area contributed by atoms with Crippen LogP contribution in [0.4, 0.5) is 0 Å². The topological polar surface area (TPSA) is 57.0 Å². The Kier molecular flexibility index (Phi) is 5.73. The van der Waals surface area contributed by atoms with Crippen LogP contribution in [0.2, 0.25) is 0 Å². The van der Waals surface area contributed by atoms with Crippen molar-refractivity contribution < 1.29 is 0 Å². The average molecular weight is 349 g/mol. The molecule has 2 aromatic heterocycles. The molecule has 0 unspecified atom stereocenters. The number of rotatable bonds is 5. The van der Waals surface area contributed by atoms with Gasteiger partial charge in [-0.05, 0) is 33.6 Å². The lowest BCUT2D eigenvalue weighted by atomic mass is 10.0. The van der Waals surface area contributed by atoms with Crippen LogP contribution in [0.1, 0.15) is 39.3 Å². The zero-order valence-corrected chi connectivity index (χ0v) is 15.6. The Bertz CT molecular complexity index is 637. The number of nitrogens with one attached hydrogen (secondary N) is 2. The van der Waals surface area contributed by atoms with Crippen molar-refractivity contribution in [3.05, 3.63) is 23.5 Å². The first-order chi connectivity index (χ1) is 11.7. The summed E-state index contributed by atoms with van der Waals surface area (Å²) in [5.74, 6) is 0.900. The minimum Gasteiger partial charge on any atom is -0.357 e. The van der Waals surface area contributed by atoms with Crippen LogP contribution < -0.4 is 10.6 Å². The van der Waals surface area contributed by atoms with Gasteiger partial charge in [-0.15, -0.1) is 11.3 Å². The summed E-state index contributed by atoms with van der Waals surface area (Å²) in [6.07, 6.45) is 6.43. The summed E-state index contributed by atoms with van der Waals surface area (Å²) in [6, 6.07) is 1.14. The van der Waals surface area contributed by atoms with E-state index in [0.29, 0.717) is 18.6 Å². The number of thiazole rings is 1. The standard InChI is InChI=1S/C17H28N6S/c1-4-18-16(20-14-5-7-22(8-6-14)13(2)3)19-11-15-12-23-9-10-24-17(23)21-15/h9-10,12-14H,4-8,11H2,1-3H3,(H2,18,19,20). The maximum Gasteiger partial charge on any atom is 0.193 e. The highest BCUT2D eigenvalue weighted by Crippen LogP contribution is 2.14. The van der Waals surface area contributed by atoms with Gasteiger partial charge in [0.1, 0.15) is 0 Å². The fourth-order valence-electron chi connectivity index (χ4n) is 3.09. The van der Waals surface area contributed by atoms with Crippen LogP contribution in [0.5, 0.6) is 0 Å². The van der Waals surface area contributed by atoms with E-state index < -0.39 is 0 Å². The Balaban J connectivity index is 1.56. The Morgan fingerprint density at radius 2 is 2.21 bits per heavy atom. The van der Waals surface area contributed by atoms with Crippen LogP contribution in [0.15, 0.2) is 22.8 Å². The molecule has 0 amide bonds. The van der Waals surface area contributed by atoms with Gasteiger partial charge in [0, 0.05) is 49.5 Å². The number of imidazole rings is 1. The monoisotopic (exact) mass is 348 g/mol. The predicted molar refractivity (Wildman–Crippen MR) is 101 cm³/mol. The van der Waals surface area contributed by atoms with Crippen LogP contribution in [0, 0.1) is 0 Å². The molecule has 3 rings (SSSR count). The molecule has 1 fully saturated rings. The molecule has 24 heavy (non-hydrogen) atoms. The third-order valence-corrected chi connectivity index (χ3v) is 5.26. The summed E-state index contributed by atoms with van der Waals surface area (Å²) >= 11 is 1.65. The van der Waals surface area contributed by atoms with Gasteiger partial charge in [-0.25, -0.2) is 9.98 Å². The fourth-order valence-corrected chi connectivity index (χ4v) is 3.80. The van der Waals surface area contributed by atoms with Gasteiger partial charge in [0.2, 0.25) is 0 Å². The van der Waals surface area contributed by atoms with Crippen molar-refractivity contribution in [2.75, 3.05) is 19.6 Å². The van der Waals surface area contributed by atoms with E-state index in [1.54, 1.807) is 11.3 Å². The van der Waals surface area contributed by atoms with E-state index in [1.807, 2.05) is 11.6 Å². The summed E-state index contributed by atoms with van der Waals surface area (Å²) in [5.41, 5.74) is 1.01. The van der Waals surface area contributed by atoms with E-state index in [4.69, 9.17) is 4.99 Å². The van der Waals surface area contributed by atoms with Gasteiger partial charge < -0.3 is 15.5 Å². The van der Waals surface area contributed by atoms with Crippen LogP contribution in [-0.4, -0.2) is 52.0 Å². The van der Waals surface area contributed by atoms with Gasteiger partial charge in [-0.2, -0.15) is 0 Å². The van der Waals surface area contributed by atoms with Gasteiger partial charge in [-0.3, -0.25) is 4.40 Å². The molecule has 0 spiro atoms. The van der Waals surface area contributed by atoms with Crippen molar-refractivity contribution in [2.24, 2.45) is 4.99 Å². The van der Waals surface area contributed by atoms with E-state index >= 15 is 0 Å². The number of guanidine groups is 1. The van der Waals surface area contributed by atoms with E-state index in [0.717, 1.165) is 36.2 Å². The van der Waals surface area contributed by atoms with Gasteiger partial charge in [0.25, 0.3) is 0 Å². The fraction of sp³-hybridized carbons (Fsp3) is 0.647. The van der Waals surface area contributed by atoms with Crippen molar-refractivity contribution in [2.45, 2.75) is 52.2 Å². The Hall–Kier alpha value is -1.60. The molecule has 2 aromatic rings. The molecule has 2 N–H and O–H groups in total. The average Bonchev–Trinajstić information content (AvgIpc) is 3.14. The Morgan fingerprint density at radius 1 is 1.42 bits per heavy atom. The molecule has 1 aliphatic heterocycles. The zero-order chi connectivity index (χ0) is 16.9. The van der Waals surface area contributed by atoms with E-state index in [-0.39, 0.29) is 0 Å². The minimum atomic E-state index is 0.503. The molecule has 1 saturated heterocycles. The molecule has 6 nitrogen and oxygen atoms in total. The van der Waals surface area contributed by atoms with E-state index in [2.05, 4.69) is 51.9 Å². The number of fused-ring (bicyclic) bond motifs is 1. The number of nitrogens with zero attached hydrogens (tertiary/aromatic N) is 4. The number of hydrogen-bond acceptors (Lipinski definition) is 4. The first kappa shape index (κ1) is 17.2. The Morgan fingerprint density at radius 3 is 2.88 bits per heavy atom. The minimum absolute atomic E-state index is 0.503. The van der Waals surface area contributed by atoms with Gasteiger partial charge >= 0.3 is 0 Å². The zero-order valence-electron chi connectivity index (χ0n) is 14.8. The summed E-state index contributed by atoms with van der Waals surface area (Å²) in [5, 5.41) is 9.00. The Labute approximate surface area is 148 Å². The second kappa shape index (κ2) is 7.98. The number of aromatic nitrogens is 2. The third-order valence-electron chi connectivity index (χ3n) is 4.49. The quantitative estimate of drug-likeness (QED) is 0.643. The summed E-state index contributed by atoms with van der Waals surface area (Å²) in [7, 11) is 0. The SMILES string of the molecule is CCNC(=NCc1cn2ccsc2n1)NC1CCN(C(C)C)CC1. The van der Waals surface area contributed by atoms with Crippen molar-refractivity contribution in [3.8, 4) is 0 Å². The van der Waals surface area contributed by atoms with Gasteiger partial charge in [0.15, 0.2) is 10.9 Å². The molecular weight excluding hydrogens is 320 g/mol. The number of likely N-dealkylation sites (tertiary alicyclic amines) is 1. The molecule has 0 radical (unpaired) electrons. The molecule has 132 valence electrons. The van der Waals surface area contributed by atoms with Crippen molar-refractivity contribution in [1.29, 1.82) is 0 Å². The van der Waals surface area contributed by atoms with E-state index in [1.165, 1.54) is 12.8 Å². The summed E-state index contributed by atoms with van der Waals surface area (Å²) < 4.78 is 2.05. The van der Waals surface area contributed by atoms with Gasteiger partial charge in [0.05, 0.1) is 12.2 Å². The lowest BCUT2D eigenvalue weighted by Crippen LogP contribution is -2.49. The third kappa shape index (κ3) is 4.27. The summed E-state index contributed by atoms with van der Waals surface area (Å²) in [4.78, 5) is 12.9. The van der Waals surface area contributed by atoms with Crippen LogP contribution in [-0.2, 0) is 6.54 Å². The highest BCUT2D eigenvalue weighted by molar-refractivity contribution is 7.15. The number of hydrogen-bond donors (Lipinski definition) is 2. The maximum atomic E-state index is 4.72. The highest BCUT2D eigenvalue weighted by Gasteiger charge is 2.21. The summed E-state index contributed by atoms with van der Waals surface area (Å²) in [6.45, 7) is 10.4. The number of piperidine rings is 1. The lowest BCUT2D eigenvalue weighted by Gasteiger charge is -2.35. The normalized spacial score (nSPS) is 17.8. The highest BCUT2D eigenvalue weighted by atomic mass is 32.1. The lowest BCUT2D eigenvalue weighted by molar-refractivity contribution is 0.167. The van der Waals surface area contributed by atoms with Crippen molar-refractivity contribution in [3.63, 3.8) is 0 Å². The maximum absolute atomic E-state index is 4.72. The molecule has 0 bridgehead atoms. The second-order valence-corrected chi connectivity index (χ2v) is 7.44. The van der Waals surface area contributed by atoms with Crippen molar-refractivity contribution in [1.82, 2.24) is 24.9 Å². The molecule has 3 heterocycles. The molecule has 7 heteroatoms.